The van der Waals surface area contributed by atoms with Crippen molar-refractivity contribution in [1.29, 1.82) is 0 Å². The number of hydrogen-bond donors (Lipinski definition) is 0. The third-order valence-corrected chi connectivity index (χ3v) is 4.25. The molecule has 0 saturated heterocycles. The second-order valence-corrected chi connectivity index (χ2v) is 7.01. The van der Waals surface area contributed by atoms with E-state index in [9.17, 15) is 0 Å². The highest BCUT2D eigenvalue weighted by Crippen LogP contribution is 2.17. The van der Waals surface area contributed by atoms with E-state index in [4.69, 9.17) is 18.9 Å². The predicted molar refractivity (Wildman–Crippen MR) is 113 cm³/mol. The molecule has 2 rings (SSSR count). The standard InChI is InChI=1S/C20H26INO4/c1-22(2)18-5-9-20(10-6-18)26-16-14-24-12-11-23-13-15-25-19-7-3-17(21)4-8-19/h3-10H,11-16H2,1-2H3. The van der Waals surface area contributed by atoms with Crippen molar-refractivity contribution in [2.45, 2.75) is 0 Å². The van der Waals surface area contributed by atoms with Crippen molar-refractivity contribution >= 4 is 28.3 Å². The monoisotopic (exact) mass is 471 g/mol. The molecule has 142 valence electrons. The number of benzene rings is 2. The van der Waals surface area contributed by atoms with Gasteiger partial charge in [-0.1, -0.05) is 0 Å². The van der Waals surface area contributed by atoms with Crippen LogP contribution in [0.4, 0.5) is 5.69 Å². The minimum Gasteiger partial charge on any atom is -0.491 e. The van der Waals surface area contributed by atoms with Gasteiger partial charge in [0.1, 0.15) is 24.7 Å². The SMILES string of the molecule is CN(C)c1ccc(OCCOCCOCCOc2ccc(I)cc2)cc1. The van der Waals surface area contributed by atoms with E-state index < -0.39 is 0 Å². The van der Waals surface area contributed by atoms with Crippen molar-refractivity contribution < 1.29 is 18.9 Å². The largest absolute Gasteiger partial charge is 0.491 e. The molecule has 5 nitrogen and oxygen atoms in total. The summed E-state index contributed by atoms with van der Waals surface area (Å²) in [4.78, 5) is 2.05. The third-order valence-electron chi connectivity index (χ3n) is 3.53. The minimum atomic E-state index is 0.525. The maximum absolute atomic E-state index is 5.64. The average molecular weight is 471 g/mol. The molecule has 0 aliphatic carbocycles. The number of rotatable bonds is 12. The number of halogens is 1. The van der Waals surface area contributed by atoms with Gasteiger partial charge in [0, 0.05) is 23.4 Å². The first-order chi connectivity index (χ1) is 12.6. The molecule has 2 aromatic carbocycles. The Hall–Kier alpha value is -1.51. The molecule has 0 aliphatic rings. The normalized spacial score (nSPS) is 10.6. The first-order valence-corrected chi connectivity index (χ1v) is 9.67. The van der Waals surface area contributed by atoms with Gasteiger partial charge in [-0.15, -0.1) is 0 Å². The highest BCUT2D eigenvalue weighted by Gasteiger charge is 1.98. The zero-order chi connectivity index (χ0) is 18.6. The van der Waals surface area contributed by atoms with E-state index in [1.807, 2.05) is 62.6 Å². The van der Waals surface area contributed by atoms with E-state index >= 15 is 0 Å². The van der Waals surface area contributed by atoms with Gasteiger partial charge in [-0.2, -0.15) is 0 Å². The molecule has 0 aromatic heterocycles. The molecule has 0 heterocycles. The van der Waals surface area contributed by atoms with Gasteiger partial charge in [0.05, 0.1) is 26.4 Å². The molecule has 6 heteroatoms. The van der Waals surface area contributed by atoms with Crippen LogP contribution in [0.2, 0.25) is 0 Å². The van der Waals surface area contributed by atoms with Crippen LogP contribution in [0, 0.1) is 3.57 Å². The molecule has 0 radical (unpaired) electrons. The van der Waals surface area contributed by atoms with Gasteiger partial charge in [0.25, 0.3) is 0 Å². The Balaban J connectivity index is 1.42. The number of ether oxygens (including phenoxy) is 4. The molecule has 0 atom stereocenters. The van der Waals surface area contributed by atoms with Crippen LogP contribution < -0.4 is 14.4 Å². The fourth-order valence-electron chi connectivity index (χ4n) is 2.13. The molecule has 0 unspecified atom stereocenters. The quantitative estimate of drug-likeness (QED) is 0.348. The van der Waals surface area contributed by atoms with Crippen molar-refractivity contribution in [2.24, 2.45) is 0 Å². The molecular weight excluding hydrogens is 445 g/mol. The van der Waals surface area contributed by atoms with Crippen molar-refractivity contribution in [3.8, 4) is 11.5 Å². The summed E-state index contributed by atoms with van der Waals surface area (Å²) in [5, 5.41) is 0. The highest BCUT2D eigenvalue weighted by atomic mass is 127. The minimum absolute atomic E-state index is 0.525. The van der Waals surface area contributed by atoms with Gasteiger partial charge in [-0.05, 0) is 71.1 Å². The molecule has 0 spiro atoms. The summed E-state index contributed by atoms with van der Waals surface area (Å²) in [6.07, 6.45) is 0. The van der Waals surface area contributed by atoms with E-state index in [2.05, 4.69) is 27.5 Å². The van der Waals surface area contributed by atoms with Crippen LogP contribution in [0.5, 0.6) is 11.5 Å². The Morgan fingerprint density at radius 1 is 0.654 bits per heavy atom. The van der Waals surface area contributed by atoms with E-state index in [1.54, 1.807) is 0 Å². The van der Waals surface area contributed by atoms with Crippen molar-refractivity contribution in [3.63, 3.8) is 0 Å². The molecule has 0 fully saturated rings. The lowest BCUT2D eigenvalue weighted by atomic mass is 10.3. The fraction of sp³-hybridized carbons (Fsp3) is 0.400. The third kappa shape index (κ3) is 8.25. The fourth-order valence-corrected chi connectivity index (χ4v) is 2.49. The number of nitrogens with zero attached hydrogens (tertiary/aromatic N) is 1. The van der Waals surface area contributed by atoms with Gasteiger partial charge in [0.15, 0.2) is 0 Å². The topological polar surface area (TPSA) is 40.2 Å². The van der Waals surface area contributed by atoms with E-state index in [0.717, 1.165) is 17.2 Å². The summed E-state index contributed by atoms with van der Waals surface area (Å²) in [5.41, 5.74) is 1.15. The molecule has 0 saturated carbocycles. The Bertz CT molecular complexity index is 617. The van der Waals surface area contributed by atoms with Crippen molar-refractivity contribution in [3.05, 3.63) is 52.1 Å². The lowest BCUT2D eigenvalue weighted by molar-refractivity contribution is 0.0273. The molecule has 26 heavy (non-hydrogen) atoms. The lowest BCUT2D eigenvalue weighted by Crippen LogP contribution is -2.13. The maximum atomic E-state index is 5.64. The van der Waals surface area contributed by atoms with Gasteiger partial charge in [-0.25, -0.2) is 0 Å². The molecule has 0 bridgehead atoms. The van der Waals surface area contributed by atoms with E-state index in [-0.39, 0.29) is 0 Å². The second kappa shape index (κ2) is 12.0. The van der Waals surface area contributed by atoms with Gasteiger partial charge in [0.2, 0.25) is 0 Å². The average Bonchev–Trinajstić information content (AvgIpc) is 2.65. The smallest absolute Gasteiger partial charge is 0.119 e. The van der Waals surface area contributed by atoms with Crippen LogP contribution in [-0.4, -0.2) is 53.7 Å². The van der Waals surface area contributed by atoms with Gasteiger partial charge >= 0.3 is 0 Å². The first kappa shape index (κ1) is 20.8. The summed E-state index contributed by atoms with van der Waals surface area (Å²) >= 11 is 2.27. The van der Waals surface area contributed by atoms with Gasteiger partial charge < -0.3 is 23.8 Å². The highest BCUT2D eigenvalue weighted by molar-refractivity contribution is 14.1. The van der Waals surface area contributed by atoms with E-state index in [0.29, 0.717) is 39.6 Å². The zero-order valence-corrected chi connectivity index (χ0v) is 17.5. The Labute approximate surface area is 169 Å². The number of anilines is 1. The van der Waals surface area contributed by atoms with Crippen LogP contribution in [0.25, 0.3) is 0 Å². The molecule has 0 aliphatic heterocycles. The molecule has 0 amide bonds. The molecule has 2 aromatic rings. The Kier molecular flexibility index (Phi) is 9.58. The lowest BCUT2D eigenvalue weighted by Gasteiger charge is -2.13. The van der Waals surface area contributed by atoms with E-state index in [1.165, 1.54) is 3.57 Å². The first-order valence-electron chi connectivity index (χ1n) is 8.59. The zero-order valence-electron chi connectivity index (χ0n) is 15.3. The molecular formula is C20H26INO4. The maximum Gasteiger partial charge on any atom is 0.119 e. The van der Waals surface area contributed by atoms with Crippen LogP contribution in [0.1, 0.15) is 0 Å². The Morgan fingerprint density at radius 3 is 1.54 bits per heavy atom. The summed E-state index contributed by atoms with van der Waals surface area (Å²) in [7, 11) is 4.03. The summed E-state index contributed by atoms with van der Waals surface area (Å²) < 4.78 is 23.4. The van der Waals surface area contributed by atoms with Crippen LogP contribution in [0.15, 0.2) is 48.5 Å². The van der Waals surface area contributed by atoms with Crippen LogP contribution in [-0.2, 0) is 9.47 Å². The summed E-state index contributed by atoms with van der Waals surface area (Å²) in [5.74, 6) is 1.71. The predicted octanol–water partition coefficient (Wildman–Crippen LogP) is 3.85. The van der Waals surface area contributed by atoms with Crippen LogP contribution >= 0.6 is 22.6 Å². The van der Waals surface area contributed by atoms with Gasteiger partial charge in [-0.3, -0.25) is 0 Å². The Morgan fingerprint density at radius 2 is 1.08 bits per heavy atom. The number of hydrogen-bond acceptors (Lipinski definition) is 5. The summed E-state index contributed by atoms with van der Waals surface area (Å²) in [6.45, 7) is 3.24. The second-order valence-electron chi connectivity index (χ2n) is 5.76. The van der Waals surface area contributed by atoms with Crippen molar-refractivity contribution in [1.82, 2.24) is 0 Å². The summed E-state index contributed by atoms with van der Waals surface area (Å²) in [6, 6.07) is 15.9. The molecule has 0 N–H and O–H groups in total. The van der Waals surface area contributed by atoms with Crippen LogP contribution in [0.3, 0.4) is 0 Å². The van der Waals surface area contributed by atoms with Crippen molar-refractivity contribution in [2.75, 3.05) is 58.6 Å².